The Hall–Kier alpha value is -0.0200. The van der Waals surface area contributed by atoms with E-state index in [0.29, 0.717) is 11.7 Å². The standard InChI is InChI=1S/C11H21NOS/c1-3-4-9(2)7-11(13)10-8-14-6-5-12-10/h9-10,12H,3-8H2,1-2H3. The summed E-state index contributed by atoms with van der Waals surface area (Å²) in [6, 6.07) is 0.132. The van der Waals surface area contributed by atoms with Gasteiger partial charge in [0.25, 0.3) is 0 Å². The number of carbonyl (C=O) groups is 1. The van der Waals surface area contributed by atoms with Crippen molar-refractivity contribution < 1.29 is 4.79 Å². The van der Waals surface area contributed by atoms with E-state index in [1.165, 1.54) is 12.8 Å². The predicted molar refractivity (Wildman–Crippen MR) is 62.8 cm³/mol. The average Bonchev–Trinajstić information content (AvgIpc) is 2.19. The first kappa shape index (κ1) is 12.1. The lowest BCUT2D eigenvalue weighted by molar-refractivity contribution is -0.121. The summed E-state index contributed by atoms with van der Waals surface area (Å²) in [5.41, 5.74) is 0. The van der Waals surface area contributed by atoms with Gasteiger partial charge >= 0.3 is 0 Å². The SMILES string of the molecule is CCCC(C)CC(=O)C1CSCCN1. The number of thioether (sulfide) groups is 1. The van der Waals surface area contributed by atoms with Crippen LogP contribution in [0.25, 0.3) is 0 Å². The van der Waals surface area contributed by atoms with Crippen molar-refractivity contribution in [3.63, 3.8) is 0 Å². The maximum atomic E-state index is 11.8. The molecule has 2 nitrogen and oxygen atoms in total. The van der Waals surface area contributed by atoms with E-state index in [0.717, 1.165) is 24.5 Å². The Morgan fingerprint density at radius 3 is 3.00 bits per heavy atom. The van der Waals surface area contributed by atoms with Crippen LogP contribution in [-0.2, 0) is 4.79 Å². The molecular formula is C11H21NOS. The quantitative estimate of drug-likeness (QED) is 0.761. The van der Waals surface area contributed by atoms with Crippen LogP contribution < -0.4 is 5.32 Å². The van der Waals surface area contributed by atoms with E-state index in [2.05, 4.69) is 19.2 Å². The normalized spacial score (nSPS) is 24.6. The number of hydrogen-bond donors (Lipinski definition) is 1. The first-order valence-corrected chi connectivity index (χ1v) is 6.73. The van der Waals surface area contributed by atoms with Crippen LogP contribution >= 0.6 is 11.8 Å². The third-order valence-corrected chi connectivity index (χ3v) is 3.70. The van der Waals surface area contributed by atoms with E-state index in [-0.39, 0.29) is 6.04 Å². The number of rotatable bonds is 5. The summed E-state index contributed by atoms with van der Waals surface area (Å²) in [4.78, 5) is 11.8. The second-order valence-corrected chi connectivity index (χ2v) is 5.30. The van der Waals surface area contributed by atoms with Gasteiger partial charge < -0.3 is 5.32 Å². The molecule has 1 fully saturated rings. The fourth-order valence-corrected chi connectivity index (χ4v) is 2.82. The summed E-state index contributed by atoms with van der Waals surface area (Å²) < 4.78 is 0. The van der Waals surface area contributed by atoms with E-state index in [4.69, 9.17) is 0 Å². The molecule has 0 amide bonds. The van der Waals surface area contributed by atoms with Crippen molar-refractivity contribution in [2.24, 2.45) is 5.92 Å². The van der Waals surface area contributed by atoms with Crippen molar-refractivity contribution in [1.82, 2.24) is 5.32 Å². The van der Waals surface area contributed by atoms with Crippen LogP contribution in [0, 0.1) is 5.92 Å². The molecule has 1 N–H and O–H groups in total. The molecule has 3 heteroatoms. The van der Waals surface area contributed by atoms with E-state index < -0.39 is 0 Å². The number of nitrogens with one attached hydrogen (secondary N) is 1. The molecule has 1 aliphatic rings. The smallest absolute Gasteiger partial charge is 0.150 e. The van der Waals surface area contributed by atoms with E-state index >= 15 is 0 Å². The number of hydrogen-bond acceptors (Lipinski definition) is 3. The van der Waals surface area contributed by atoms with Crippen LogP contribution in [0.5, 0.6) is 0 Å². The van der Waals surface area contributed by atoms with Gasteiger partial charge in [0.15, 0.2) is 5.78 Å². The highest BCUT2D eigenvalue weighted by molar-refractivity contribution is 7.99. The van der Waals surface area contributed by atoms with Gasteiger partial charge in [0.05, 0.1) is 6.04 Å². The van der Waals surface area contributed by atoms with Crippen molar-refractivity contribution in [2.45, 2.75) is 39.2 Å². The summed E-state index contributed by atoms with van der Waals surface area (Å²) >= 11 is 1.89. The minimum Gasteiger partial charge on any atom is -0.306 e. The fourth-order valence-electron chi connectivity index (χ4n) is 1.85. The molecule has 1 rings (SSSR count). The molecule has 1 aliphatic heterocycles. The highest BCUT2D eigenvalue weighted by Crippen LogP contribution is 2.15. The third-order valence-electron chi connectivity index (χ3n) is 2.64. The van der Waals surface area contributed by atoms with Crippen LogP contribution in [0.4, 0.5) is 0 Å². The Balaban J connectivity index is 2.25. The molecule has 2 atom stereocenters. The van der Waals surface area contributed by atoms with Crippen molar-refractivity contribution in [3.05, 3.63) is 0 Å². The predicted octanol–water partition coefficient (Wildman–Crippen LogP) is 2.09. The molecule has 14 heavy (non-hydrogen) atoms. The maximum absolute atomic E-state index is 11.8. The third kappa shape index (κ3) is 4.01. The number of ketones is 1. The van der Waals surface area contributed by atoms with Gasteiger partial charge in [0.1, 0.15) is 0 Å². The van der Waals surface area contributed by atoms with Crippen molar-refractivity contribution in [3.8, 4) is 0 Å². The van der Waals surface area contributed by atoms with Crippen LogP contribution in [-0.4, -0.2) is 29.9 Å². The molecule has 0 aliphatic carbocycles. The first-order chi connectivity index (χ1) is 6.74. The number of Topliss-reactive ketones (excluding diaryl/α,β-unsaturated/α-hetero) is 1. The second kappa shape index (κ2) is 6.46. The molecule has 0 bridgehead atoms. The summed E-state index contributed by atoms with van der Waals surface area (Å²) in [5.74, 6) is 3.09. The molecule has 0 spiro atoms. The highest BCUT2D eigenvalue weighted by atomic mass is 32.2. The maximum Gasteiger partial charge on any atom is 0.150 e. The summed E-state index contributed by atoms with van der Waals surface area (Å²) in [7, 11) is 0. The topological polar surface area (TPSA) is 29.1 Å². The van der Waals surface area contributed by atoms with Crippen LogP contribution in [0.1, 0.15) is 33.1 Å². The minimum absolute atomic E-state index is 0.132. The lowest BCUT2D eigenvalue weighted by atomic mass is 9.97. The molecule has 0 saturated carbocycles. The Morgan fingerprint density at radius 1 is 1.64 bits per heavy atom. The van der Waals surface area contributed by atoms with Gasteiger partial charge in [-0.1, -0.05) is 26.7 Å². The first-order valence-electron chi connectivity index (χ1n) is 5.58. The van der Waals surface area contributed by atoms with Crippen molar-refractivity contribution >= 4 is 17.5 Å². The summed E-state index contributed by atoms with van der Waals surface area (Å²) in [5, 5.41) is 3.30. The zero-order valence-corrected chi connectivity index (χ0v) is 10.0. The molecule has 2 unspecified atom stereocenters. The molecule has 82 valence electrons. The molecule has 0 aromatic heterocycles. The molecular weight excluding hydrogens is 194 g/mol. The largest absolute Gasteiger partial charge is 0.306 e. The van der Waals surface area contributed by atoms with Crippen LogP contribution in [0.15, 0.2) is 0 Å². The molecule has 0 aromatic carbocycles. The highest BCUT2D eigenvalue weighted by Gasteiger charge is 2.21. The Labute approximate surface area is 91.2 Å². The monoisotopic (exact) mass is 215 g/mol. The zero-order chi connectivity index (χ0) is 10.4. The minimum atomic E-state index is 0.132. The van der Waals surface area contributed by atoms with E-state index in [9.17, 15) is 4.79 Å². The van der Waals surface area contributed by atoms with Crippen molar-refractivity contribution in [1.29, 1.82) is 0 Å². The van der Waals surface area contributed by atoms with Crippen molar-refractivity contribution in [2.75, 3.05) is 18.1 Å². The Morgan fingerprint density at radius 2 is 2.43 bits per heavy atom. The molecule has 0 aromatic rings. The average molecular weight is 215 g/mol. The lowest BCUT2D eigenvalue weighted by Gasteiger charge is -2.23. The number of carbonyl (C=O) groups excluding carboxylic acids is 1. The molecule has 0 radical (unpaired) electrons. The van der Waals surface area contributed by atoms with Gasteiger partial charge in [-0.3, -0.25) is 4.79 Å². The van der Waals surface area contributed by atoms with Gasteiger partial charge in [-0.05, 0) is 5.92 Å². The summed E-state index contributed by atoms with van der Waals surface area (Å²) in [6.07, 6.45) is 3.11. The van der Waals surface area contributed by atoms with Gasteiger partial charge in [-0.25, -0.2) is 0 Å². The van der Waals surface area contributed by atoms with Crippen LogP contribution in [0.3, 0.4) is 0 Å². The zero-order valence-electron chi connectivity index (χ0n) is 9.21. The van der Waals surface area contributed by atoms with Gasteiger partial charge in [-0.15, -0.1) is 0 Å². The second-order valence-electron chi connectivity index (χ2n) is 4.15. The van der Waals surface area contributed by atoms with Crippen LogP contribution in [0.2, 0.25) is 0 Å². The van der Waals surface area contributed by atoms with E-state index in [1.807, 2.05) is 11.8 Å². The van der Waals surface area contributed by atoms with Gasteiger partial charge in [0, 0.05) is 24.5 Å². The fraction of sp³-hybridized carbons (Fsp3) is 0.909. The van der Waals surface area contributed by atoms with Gasteiger partial charge in [-0.2, -0.15) is 11.8 Å². The molecule has 1 heterocycles. The lowest BCUT2D eigenvalue weighted by Crippen LogP contribution is -2.43. The summed E-state index contributed by atoms with van der Waals surface area (Å²) in [6.45, 7) is 5.34. The van der Waals surface area contributed by atoms with E-state index in [1.54, 1.807) is 0 Å². The Bertz CT molecular complexity index is 178. The Kier molecular flexibility index (Phi) is 5.56. The van der Waals surface area contributed by atoms with Gasteiger partial charge in [0.2, 0.25) is 0 Å². The molecule has 1 saturated heterocycles.